The van der Waals surface area contributed by atoms with Gasteiger partial charge in [-0.15, -0.1) is 0 Å². The van der Waals surface area contributed by atoms with Crippen LogP contribution in [0.2, 0.25) is 5.02 Å². The van der Waals surface area contributed by atoms with Gasteiger partial charge < -0.3 is 5.32 Å². The maximum Gasteiger partial charge on any atom is 0.0703 e. The number of hydrogen-bond acceptors (Lipinski definition) is 2. The number of nitrogens with zero attached hydrogens (tertiary/aromatic N) is 1. The summed E-state index contributed by atoms with van der Waals surface area (Å²) in [6, 6.07) is 16.0. The lowest BCUT2D eigenvalue weighted by Crippen LogP contribution is -2.00. The first-order valence-electron chi connectivity index (χ1n) is 6.25. The summed E-state index contributed by atoms with van der Waals surface area (Å²) in [5, 5.41) is 5.28. The molecule has 0 aliphatic carbocycles. The Kier molecular flexibility index (Phi) is 3.90. The lowest BCUT2D eigenvalue weighted by Gasteiger charge is -2.09. The molecule has 0 radical (unpaired) electrons. The van der Waals surface area contributed by atoms with E-state index in [9.17, 15) is 0 Å². The quantitative estimate of drug-likeness (QED) is 0.699. The molecule has 4 heteroatoms. The Morgan fingerprint density at radius 1 is 1.10 bits per heavy atom. The van der Waals surface area contributed by atoms with Crippen molar-refractivity contribution in [1.29, 1.82) is 0 Å². The van der Waals surface area contributed by atoms with E-state index in [2.05, 4.69) is 38.4 Å². The van der Waals surface area contributed by atoms with Crippen molar-refractivity contribution in [2.75, 3.05) is 5.32 Å². The summed E-state index contributed by atoms with van der Waals surface area (Å²) >= 11 is 9.47. The van der Waals surface area contributed by atoms with Crippen molar-refractivity contribution in [2.24, 2.45) is 0 Å². The number of fused-ring (bicyclic) bond motifs is 1. The van der Waals surface area contributed by atoms with E-state index in [4.69, 9.17) is 11.6 Å². The molecule has 1 N–H and O–H groups in total. The Bertz CT molecular complexity index is 758. The number of rotatable bonds is 3. The monoisotopic (exact) mass is 346 g/mol. The minimum Gasteiger partial charge on any atom is -0.381 e. The summed E-state index contributed by atoms with van der Waals surface area (Å²) in [5.41, 5.74) is 3.25. The molecule has 0 amide bonds. The van der Waals surface area contributed by atoms with Gasteiger partial charge in [0.25, 0.3) is 0 Å². The summed E-state index contributed by atoms with van der Waals surface area (Å²) < 4.78 is 1.01. The molecule has 0 fully saturated rings. The van der Waals surface area contributed by atoms with Crippen LogP contribution in [0.1, 0.15) is 5.56 Å². The summed E-state index contributed by atoms with van der Waals surface area (Å²) in [5.74, 6) is 0. The molecule has 100 valence electrons. The maximum atomic E-state index is 5.94. The molecule has 2 nitrogen and oxygen atoms in total. The zero-order valence-corrected chi connectivity index (χ0v) is 12.9. The van der Waals surface area contributed by atoms with Crippen molar-refractivity contribution in [3.63, 3.8) is 0 Å². The van der Waals surface area contributed by atoms with Crippen LogP contribution < -0.4 is 5.32 Å². The van der Waals surface area contributed by atoms with Crippen LogP contribution in [-0.2, 0) is 6.54 Å². The number of pyridine rings is 1. The van der Waals surface area contributed by atoms with Gasteiger partial charge >= 0.3 is 0 Å². The topological polar surface area (TPSA) is 24.9 Å². The van der Waals surface area contributed by atoms with E-state index < -0.39 is 0 Å². The number of halogens is 2. The smallest absolute Gasteiger partial charge is 0.0703 e. The standard InChI is InChI=1S/C16H12BrClN2/c17-15-9-13(18)4-3-12(15)10-20-14-5-6-16-11(8-14)2-1-7-19-16/h1-9,20H,10H2. The van der Waals surface area contributed by atoms with E-state index in [1.807, 2.05) is 36.4 Å². The summed E-state index contributed by atoms with van der Waals surface area (Å²) in [6.07, 6.45) is 1.81. The normalized spacial score (nSPS) is 10.7. The zero-order chi connectivity index (χ0) is 13.9. The molecule has 0 saturated heterocycles. The van der Waals surface area contributed by atoms with Crippen molar-refractivity contribution in [1.82, 2.24) is 4.98 Å². The molecule has 20 heavy (non-hydrogen) atoms. The third kappa shape index (κ3) is 2.94. The number of hydrogen-bond donors (Lipinski definition) is 1. The second kappa shape index (κ2) is 5.81. The van der Waals surface area contributed by atoms with Crippen LogP contribution >= 0.6 is 27.5 Å². The Hall–Kier alpha value is -1.58. The molecule has 0 bridgehead atoms. The van der Waals surface area contributed by atoms with E-state index >= 15 is 0 Å². The third-order valence-electron chi connectivity index (χ3n) is 3.10. The van der Waals surface area contributed by atoms with E-state index in [0.29, 0.717) is 0 Å². The molecule has 0 aliphatic rings. The molecule has 0 aliphatic heterocycles. The molecular weight excluding hydrogens is 336 g/mol. The van der Waals surface area contributed by atoms with Gasteiger partial charge in [0, 0.05) is 33.3 Å². The van der Waals surface area contributed by atoms with Gasteiger partial charge in [-0.05, 0) is 42.0 Å². The first kappa shape index (κ1) is 13.4. The molecule has 2 aromatic carbocycles. The van der Waals surface area contributed by atoms with E-state index in [-0.39, 0.29) is 0 Å². The highest BCUT2D eigenvalue weighted by molar-refractivity contribution is 9.10. The molecule has 0 unspecified atom stereocenters. The maximum absolute atomic E-state index is 5.94. The summed E-state index contributed by atoms with van der Waals surface area (Å²) in [7, 11) is 0. The number of benzene rings is 2. The second-order valence-corrected chi connectivity index (χ2v) is 5.79. The third-order valence-corrected chi connectivity index (χ3v) is 4.07. The summed E-state index contributed by atoms with van der Waals surface area (Å²) in [4.78, 5) is 4.31. The SMILES string of the molecule is Clc1ccc(CNc2ccc3ncccc3c2)c(Br)c1. The van der Waals surface area contributed by atoms with Crippen LogP contribution in [0.5, 0.6) is 0 Å². The minimum absolute atomic E-state index is 0.734. The fourth-order valence-corrected chi connectivity index (χ4v) is 2.87. The van der Waals surface area contributed by atoms with Crippen LogP contribution in [0, 0.1) is 0 Å². The average molecular weight is 348 g/mol. The Morgan fingerprint density at radius 3 is 2.85 bits per heavy atom. The van der Waals surface area contributed by atoms with Crippen LogP contribution in [-0.4, -0.2) is 4.98 Å². The first-order valence-corrected chi connectivity index (χ1v) is 7.42. The molecule has 0 saturated carbocycles. The zero-order valence-electron chi connectivity index (χ0n) is 10.6. The molecular formula is C16H12BrClN2. The van der Waals surface area contributed by atoms with Crippen molar-refractivity contribution in [3.05, 3.63) is 69.8 Å². The predicted octanol–water partition coefficient (Wildman–Crippen LogP) is 5.26. The van der Waals surface area contributed by atoms with Gasteiger partial charge in [0.1, 0.15) is 0 Å². The van der Waals surface area contributed by atoms with Crippen LogP contribution in [0.3, 0.4) is 0 Å². The molecule has 3 rings (SSSR count). The fourth-order valence-electron chi connectivity index (χ4n) is 2.05. The average Bonchev–Trinajstić information content (AvgIpc) is 2.46. The Labute approximate surface area is 130 Å². The van der Waals surface area contributed by atoms with Gasteiger partial charge in [-0.1, -0.05) is 39.7 Å². The predicted molar refractivity (Wildman–Crippen MR) is 88.2 cm³/mol. The van der Waals surface area contributed by atoms with Gasteiger partial charge in [-0.3, -0.25) is 4.98 Å². The highest BCUT2D eigenvalue weighted by Crippen LogP contribution is 2.23. The van der Waals surface area contributed by atoms with Crippen molar-refractivity contribution in [3.8, 4) is 0 Å². The molecule has 3 aromatic rings. The largest absolute Gasteiger partial charge is 0.381 e. The minimum atomic E-state index is 0.734. The van der Waals surface area contributed by atoms with Crippen LogP contribution in [0.4, 0.5) is 5.69 Å². The Morgan fingerprint density at radius 2 is 2.00 bits per heavy atom. The number of anilines is 1. The van der Waals surface area contributed by atoms with E-state index in [1.165, 1.54) is 5.56 Å². The second-order valence-electron chi connectivity index (χ2n) is 4.50. The van der Waals surface area contributed by atoms with Gasteiger partial charge in [0.05, 0.1) is 5.52 Å². The molecule has 0 atom stereocenters. The first-order chi connectivity index (χ1) is 9.72. The number of aromatic nitrogens is 1. The highest BCUT2D eigenvalue weighted by atomic mass is 79.9. The highest BCUT2D eigenvalue weighted by Gasteiger charge is 2.01. The van der Waals surface area contributed by atoms with Crippen LogP contribution in [0.25, 0.3) is 10.9 Å². The molecule has 1 heterocycles. The van der Waals surface area contributed by atoms with Gasteiger partial charge in [-0.2, -0.15) is 0 Å². The fraction of sp³-hybridized carbons (Fsp3) is 0.0625. The van der Waals surface area contributed by atoms with Crippen molar-refractivity contribution < 1.29 is 0 Å². The lowest BCUT2D eigenvalue weighted by molar-refractivity contribution is 1.14. The van der Waals surface area contributed by atoms with Gasteiger partial charge in [0.2, 0.25) is 0 Å². The molecule has 0 spiro atoms. The number of nitrogens with one attached hydrogen (secondary N) is 1. The van der Waals surface area contributed by atoms with Gasteiger partial charge in [0.15, 0.2) is 0 Å². The van der Waals surface area contributed by atoms with Crippen molar-refractivity contribution >= 4 is 44.1 Å². The van der Waals surface area contributed by atoms with Crippen LogP contribution in [0.15, 0.2) is 59.2 Å². The summed E-state index contributed by atoms with van der Waals surface area (Å²) in [6.45, 7) is 0.740. The Balaban J connectivity index is 1.79. The van der Waals surface area contributed by atoms with Crippen molar-refractivity contribution in [2.45, 2.75) is 6.54 Å². The van der Waals surface area contributed by atoms with Gasteiger partial charge in [-0.25, -0.2) is 0 Å². The lowest BCUT2D eigenvalue weighted by atomic mass is 10.2. The van der Waals surface area contributed by atoms with E-state index in [0.717, 1.165) is 32.6 Å². The van der Waals surface area contributed by atoms with E-state index in [1.54, 1.807) is 6.20 Å². The molecule has 1 aromatic heterocycles.